The van der Waals surface area contributed by atoms with Gasteiger partial charge in [0.1, 0.15) is 5.82 Å². The number of nitrogens with zero attached hydrogens (tertiary/aromatic N) is 2. The average molecular weight is 159 g/mol. The lowest BCUT2D eigenvalue weighted by atomic mass is 10.4. The molecule has 0 spiro atoms. The van der Waals surface area contributed by atoms with Crippen LogP contribution >= 0.6 is 0 Å². The SMILES string of the molecule is Nc1ccnc(-n2cccc2)c1. The first-order valence-electron chi connectivity index (χ1n) is 3.71. The zero-order valence-electron chi connectivity index (χ0n) is 6.51. The highest BCUT2D eigenvalue weighted by molar-refractivity contribution is 5.42. The van der Waals surface area contributed by atoms with E-state index in [4.69, 9.17) is 5.73 Å². The Hall–Kier alpha value is -1.77. The van der Waals surface area contributed by atoms with E-state index >= 15 is 0 Å². The summed E-state index contributed by atoms with van der Waals surface area (Å²) >= 11 is 0. The summed E-state index contributed by atoms with van der Waals surface area (Å²) in [5, 5.41) is 0. The van der Waals surface area contributed by atoms with Crippen LogP contribution in [0, 0.1) is 0 Å². The Morgan fingerprint density at radius 2 is 2.00 bits per heavy atom. The van der Waals surface area contributed by atoms with Gasteiger partial charge < -0.3 is 10.3 Å². The Morgan fingerprint density at radius 3 is 2.67 bits per heavy atom. The van der Waals surface area contributed by atoms with E-state index < -0.39 is 0 Å². The molecule has 3 heteroatoms. The smallest absolute Gasteiger partial charge is 0.138 e. The van der Waals surface area contributed by atoms with E-state index in [0.717, 1.165) is 11.5 Å². The van der Waals surface area contributed by atoms with Crippen LogP contribution in [-0.2, 0) is 0 Å². The van der Waals surface area contributed by atoms with E-state index in [0.29, 0.717) is 0 Å². The van der Waals surface area contributed by atoms with Crippen LogP contribution in [0.4, 0.5) is 5.69 Å². The van der Waals surface area contributed by atoms with E-state index in [2.05, 4.69) is 4.98 Å². The predicted molar refractivity (Wildman–Crippen MR) is 48.0 cm³/mol. The lowest BCUT2D eigenvalue weighted by Crippen LogP contribution is -1.95. The van der Waals surface area contributed by atoms with Gasteiger partial charge in [-0.3, -0.25) is 0 Å². The fourth-order valence-electron chi connectivity index (χ4n) is 1.06. The molecule has 0 amide bonds. The van der Waals surface area contributed by atoms with Gasteiger partial charge >= 0.3 is 0 Å². The third-order valence-corrected chi connectivity index (χ3v) is 1.64. The summed E-state index contributed by atoms with van der Waals surface area (Å²) in [7, 11) is 0. The number of anilines is 1. The molecule has 0 bridgehead atoms. The molecule has 2 aromatic rings. The first kappa shape index (κ1) is 6.91. The number of rotatable bonds is 1. The quantitative estimate of drug-likeness (QED) is 0.684. The molecule has 2 heterocycles. The Labute approximate surface area is 70.5 Å². The summed E-state index contributed by atoms with van der Waals surface area (Å²) in [6.07, 6.45) is 5.56. The number of pyridine rings is 1. The van der Waals surface area contributed by atoms with Gasteiger partial charge in [-0.25, -0.2) is 4.98 Å². The highest BCUT2D eigenvalue weighted by Gasteiger charge is 1.94. The monoisotopic (exact) mass is 159 g/mol. The molecule has 0 radical (unpaired) electrons. The van der Waals surface area contributed by atoms with Gasteiger partial charge in [0.05, 0.1) is 0 Å². The Kier molecular flexibility index (Phi) is 1.55. The van der Waals surface area contributed by atoms with Crippen molar-refractivity contribution in [2.24, 2.45) is 0 Å². The summed E-state index contributed by atoms with van der Waals surface area (Å²) in [6, 6.07) is 7.50. The second kappa shape index (κ2) is 2.70. The highest BCUT2D eigenvalue weighted by atomic mass is 15.0. The van der Waals surface area contributed by atoms with E-state index in [-0.39, 0.29) is 0 Å². The standard InChI is InChI=1S/C9H9N3/c10-8-3-4-11-9(7-8)12-5-1-2-6-12/h1-7H,(H2,10,11). The molecule has 12 heavy (non-hydrogen) atoms. The topological polar surface area (TPSA) is 43.8 Å². The van der Waals surface area contributed by atoms with Gasteiger partial charge in [-0.15, -0.1) is 0 Å². The number of nitrogen functional groups attached to an aromatic ring is 1. The number of aromatic nitrogens is 2. The predicted octanol–water partition coefficient (Wildman–Crippen LogP) is 1.45. The van der Waals surface area contributed by atoms with Crippen molar-refractivity contribution in [3.05, 3.63) is 42.9 Å². The Morgan fingerprint density at radius 1 is 1.25 bits per heavy atom. The van der Waals surface area contributed by atoms with Gasteiger partial charge in [-0.1, -0.05) is 0 Å². The van der Waals surface area contributed by atoms with Crippen molar-refractivity contribution >= 4 is 5.69 Å². The van der Waals surface area contributed by atoms with Crippen molar-refractivity contribution in [2.75, 3.05) is 5.73 Å². The van der Waals surface area contributed by atoms with Crippen LogP contribution in [-0.4, -0.2) is 9.55 Å². The van der Waals surface area contributed by atoms with Gasteiger partial charge in [0.15, 0.2) is 0 Å². The Balaban J connectivity index is 2.48. The molecular weight excluding hydrogens is 150 g/mol. The molecule has 2 aromatic heterocycles. The first-order valence-corrected chi connectivity index (χ1v) is 3.71. The van der Waals surface area contributed by atoms with Crippen molar-refractivity contribution in [1.82, 2.24) is 9.55 Å². The molecule has 0 saturated carbocycles. The van der Waals surface area contributed by atoms with Gasteiger partial charge in [0.25, 0.3) is 0 Å². The lowest BCUT2D eigenvalue weighted by molar-refractivity contribution is 1.01. The second-order valence-electron chi connectivity index (χ2n) is 2.54. The molecule has 0 atom stereocenters. The molecular formula is C9H9N3. The van der Waals surface area contributed by atoms with Crippen molar-refractivity contribution in [1.29, 1.82) is 0 Å². The fourth-order valence-corrected chi connectivity index (χ4v) is 1.06. The number of hydrogen-bond acceptors (Lipinski definition) is 2. The van der Waals surface area contributed by atoms with Crippen molar-refractivity contribution in [3.63, 3.8) is 0 Å². The molecule has 0 fully saturated rings. The zero-order chi connectivity index (χ0) is 8.39. The number of nitrogens with two attached hydrogens (primary N) is 1. The molecule has 0 aliphatic heterocycles. The maximum atomic E-state index is 5.61. The van der Waals surface area contributed by atoms with Gasteiger partial charge in [-0.05, 0) is 18.2 Å². The molecule has 3 nitrogen and oxygen atoms in total. The zero-order valence-corrected chi connectivity index (χ0v) is 6.51. The van der Waals surface area contributed by atoms with Crippen LogP contribution in [0.2, 0.25) is 0 Å². The van der Waals surface area contributed by atoms with Crippen LogP contribution < -0.4 is 5.73 Å². The molecule has 0 aliphatic rings. The van der Waals surface area contributed by atoms with Crippen LogP contribution in [0.3, 0.4) is 0 Å². The largest absolute Gasteiger partial charge is 0.399 e. The molecule has 0 aromatic carbocycles. The molecule has 0 aliphatic carbocycles. The van der Waals surface area contributed by atoms with E-state index in [9.17, 15) is 0 Å². The normalized spacial score (nSPS) is 10.0. The molecule has 0 unspecified atom stereocenters. The fraction of sp³-hybridized carbons (Fsp3) is 0. The molecule has 0 saturated heterocycles. The van der Waals surface area contributed by atoms with Crippen LogP contribution in [0.5, 0.6) is 0 Å². The molecule has 2 N–H and O–H groups in total. The van der Waals surface area contributed by atoms with Gasteiger partial charge in [0.2, 0.25) is 0 Å². The number of hydrogen-bond donors (Lipinski definition) is 1. The minimum atomic E-state index is 0.730. The van der Waals surface area contributed by atoms with Crippen molar-refractivity contribution in [2.45, 2.75) is 0 Å². The van der Waals surface area contributed by atoms with Crippen LogP contribution in [0.1, 0.15) is 0 Å². The first-order chi connectivity index (χ1) is 5.86. The highest BCUT2D eigenvalue weighted by Crippen LogP contribution is 2.07. The van der Waals surface area contributed by atoms with E-state index in [1.807, 2.05) is 35.2 Å². The third kappa shape index (κ3) is 1.16. The van der Waals surface area contributed by atoms with E-state index in [1.54, 1.807) is 12.3 Å². The maximum Gasteiger partial charge on any atom is 0.138 e. The minimum Gasteiger partial charge on any atom is -0.399 e. The van der Waals surface area contributed by atoms with Crippen LogP contribution in [0.25, 0.3) is 5.82 Å². The molecule has 2 rings (SSSR count). The Bertz CT molecular complexity index is 365. The van der Waals surface area contributed by atoms with E-state index in [1.165, 1.54) is 0 Å². The van der Waals surface area contributed by atoms with Crippen LogP contribution in [0.15, 0.2) is 42.9 Å². The van der Waals surface area contributed by atoms with Gasteiger partial charge in [-0.2, -0.15) is 0 Å². The third-order valence-electron chi connectivity index (χ3n) is 1.64. The summed E-state index contributed by atoms with van der Waals surface area (Å²) < 4.78 is 1.91. The summed E-state index contributed by atoms with van der Waals surface area (Å²) in [6.45, 7) is 0. The van der Waals surface area contributed by atoms with Crippen molar-refractivity contribution < 1.29 is 0 Å². The summed E-state index contributed by atoms with van der Waals surface area (Å²) in [5.74, 6) is 0.847. The summed E-state index contributed by atoms with van der Waals surface area (Å²) in [4.78, 5) is 4.16. The maximum absolute atomic E-state index is 5.61. The minimum absolute atomic E-state index is 0.730. The molecule has 60 valence electrons. The average Bonchev–Trinajstić information content (AvgIpc) is 2.56. The summed E-state index contributed by atoms with van der Waals surface area (Å²) in [5.41, 5.74) is 6.34. The lowest BCUT2D eigenvalue weighted by Gasteiger charge is -2.01. The van der Waals surface area contributed by atoms with Crippen molar-refractivity contribution in [3.8, 4) is 5.82 Å². The van der Waals surface area contributed by atoms with Gasteiger partial charge in [0, 0.05) is 30.3 Å². The second-order valence-corrected chi connectivity index (χ2v) is 2.54.